The first kappa shape index (κ1) is 88.8. The van der Waals surface area contributed by atoms with Gasteiger partial charge in [0.2, 0.25) is 6.29 Å². The van der Waals surface area contributed by atoms with Gasteiger partial charge in [0.15, 0.2) is 12.1 Å². The molecule has 8 heterocycles. The fraction of sp³-hybridized carbons (Fsp3) is 0.841. The van der Waals surface area contributed by atoms with Crippen molar-refractivity contribution in [3.05, 3.63) is 0 Å². The van der Waals surface area contributed by atoms with Gasteiger partial charge in [-0.1, -0.05) is 0 Å². The zero-order valence-electron chi connectivity index (χ0n) is 61.4. The first-order chi connectivity index (χ1) is 42.7. The maximum Gasteiger partial charge on any atom is 1.00 e. The number of esters is 1. The Kier molecular flexibility index (Phi) is 30.5. The topological polar surface area (TPSA) is 334 Å². The molecule has 0 unspecified atom stereocenters. The number of rotatable bonds is 4. The van der Waals surface area contributed by atoms with Gasteiger partial charge in [-0.2, -0.15) is 13.2 Å². The molecule has 0 aromatic carbocycles. The van der Waals surface area contributed by atoms with Crippen LogP contribution in [0.5, 0.6) is 0 Å². The number of alkyl halides is 3. The van der Waals surface area contributed by atoms with E-state index in [-0.39, 0.29) is 124 Å². The van der Waals surface area contributed by atoms with Crippen LogP contribution in [0.25, 0.3) is 0 Å². The molecule has 29 nitrogen and oxygen atoms in total. The predicted octanol–water partition coefficient (Wildman–Crippen LogP) is 3.27. The zero-order valence-corrected chi connectivity index (χ0v) is 61.4. The molecule has 0 aromatic rings. The number of methoxy groups -OCH3 is 1. The van der Waals surface area contributed by atoms with Gasteiger partial charge in [-0.15, -0.1) is 0 Å². The molecular weight excluding hydrogens is 1270 g/mol. The van der Waals surface area contributed by atoms with Gasteiger partial charge in [-0.3, -0.25) is 19.5 Å². The number of aliphatic hydroxyl groups excluding tert-OH is 2. The molecule has 3 radical (unpaired) electrons. The zero-order chi connectivity index (χ0) is 72.3. The monoisotopic (exact) mass is 1380 g/mol. The third kappa shape index (κ3) is 22.7. The molecule has 11 amide bonds. The minimum Gasteiger partial charge on any atom is -0.870 e. The summed E-state index contributed by atoms with van der Waals surface area (Å²) in [7, 11) is 1.28. The number of aldehydes is 1. The van der Waals surface area contributed by atoms with Crippen molar-refractivity contribution in [3.63, 3.8) is 0 Å². The molecule has 4 N–H and O–H groups in total. The van der Waals surface area contributed by atoms with Crippen LogP contribution >= 0.6 is 0 Å². The molecule has 0 bridgehead atoms. The number of carbonyl (C=O) groups is 10. The molecule has 8 aliphatic heterocycles. The second kappa shape index (κ2) is 33.3. The van der Waals surface area contributed by atoms with Gasteiger partial charge >= 0.3 is 79.4 Å². The predicted molar refractivity (Wildman–Crippen MR) is 346 cm³/mol. The van der Waals surface area contributed by atoms with E-state index in [1.54, 1.807) is 75.8 Å². The van der Waals surface area contributed by atoms with Crippen LogP contribution in [0.2, 0.25) is 0 Å². The van der Waals surface area contributed by atoms with Crippen molar-refractivity contribution in [2.75, 3.05) is 92.3 Å². The van der Waals surface area contributed by atoms with Gasteiger partial charge in [-0.05, 0) is 158 Å². The minimum absolute atomic E-state index is 0. The number of aliphatic hydroxyl groups is 2. The Labute approximate surface area is 584 Å². The van der Waals surface area contributed by atoms with Gasteiger partial charge in [0.25, 0.3) is 0 Å². The van der Waals surface area contributed by atoms with Crippen LogP contribution in [0.1, 0.15) is 158 Å². The van der Waals surface area contributed by atoms with Crippen molar-refractivity contribution >= 4 is 69.0 Å². The third-order valence-electron chi connectivity index (χ3n) is 16.9. The first-order valence-corrected chi connectivity index (χ1v) is 32.0. The van der Waals surface area contributed by atoms with Crippen LogP contribution in [0.15, 0.2) is 0 Å². The van der Waals surface area contributed by atoms with Gasteiger partial charge in [0.05, 0.1) is 43.9 Å². The number of amides is 11. The molecule has 97 heavy (non-hydrogen) atoms. The van der Waals surface area contributed by atoms with Crippen molar-refractivity contribution in [3.8, 4) is 0 Å². The number of fused-ring (bicyclic) bond motifs is 4. The maximum absolute atomic E-state index is 12.7. The van der Waals surface area contributed by atoms with Crippen molar-refractivity contribution in [1.82, 2.24) is 53.9 Å². The molecular formula is C63H109BF3LiN11O18. The van der Waals surface area contributed by atoms with E-state index >= 15 is 0 Å². The summed E-state index contributed by atoms with van der Waals surface area (Å²) >= 11 is 0. The maximum atomic E-state index is 12.7. The summed E-state index contributed by atoms with van der Waals surface area (Å²) < 4.78 is 52.4. The minimum atomic E-state index is -4.64. The molecule has 549 valence electrons. The van der Waals surface area contributed by atoms with Crippen LogP contribution in [0, 0.1) is 5.92 Å². The number of piperidine rings is 1. The Hall–Kier alpha value is -6.17. The summed E-state index contributed by atoms with van der Waals surface area (Å²) in [6.07, 6.45) is -5.29. The summed E-state index contributed by atoms with van der Waals surface area (Å²) in [4.78, 5) is 139. The van der Waals surface area contributed by atoms with Gasteiger partial charge in [0, 0.05) is 115 Å². The summed E-state index contributed by atoms with van der Waals surface area (Å²) in [5, 5.41) is 28.9. The van der Waals surface area contributed by atoms with Crippen LogP contribution in [0.4, 0.5) is 46.7 Å². The van der Waals surface area contributed by atoms with Gasteiger partial charge < -0.3 is 78.9 Å². The normalized spacial score (nSPS) is 24.3. The number of urea groups is 4. The van der Waals surface area contributed by atoms with Crippen molar-refractivity contribution in [1.29, 1.82) is 0 Å². The number of carboxylic acids is 1. The van der Waals surface area contributed by atoms with E-state index in [0.717, 1.165) is 25.9 Å². The Morgan fingerprint density at radius 1 is 0.474 bits per heavy atom. The molecule has 8 atom stereocenters. The molecule has 0 aliphatic carbocycles. The average molecular weight is 1380 g/mol. The fourth-order valence-electron chi connectivity index (χ4n) is 12.4. The SMILES string of the molecule is CC(C)(C)N1C[C@@H]2[C@@H](CO)CCCN2C1=O.CC(C)(C)OC(=O)N1CCN2C(=O)N(C(C)(C)C)C[C@@H]2[C@H]1C(=O)O.CC(C)(C)OC(=O)N1CCN2C(=O)N(C(C)(C)C)C[C@@H]2[C@H]1CO.COC(=O)[C@@H]1[C@H]2CN(C(C)(C)C)C(=O)N2CCN1C(=O)OC(C)(C)C.O=CC(F)(F)F.[B].[Li+].[OH-]. The van der Waals surface area contributed by atoms with E-state index in [9.17, 15) is 71.6 Å². The van der Waals surface area contributed by atoms with E-state index in [2.05, 4.69) is 20.8 Å². The summed E-state index contributed by atoms with van der Waals surface area (Å²) in [5.41, 5.74) is -3.14. The smallest absolute Gasteiger partial charge is 0.870 e. The number of ether oxygens (including phenoxy) is 4. The number of halogens is 3. The molecule has 0 aromatic heterocycles. The molecule has 8 saturated heterocycles. The summed E-state index contributed by atoms with van der Waals surface area (Å²) in [5.74, 6) is -1.40. The Balaban J connectivity index is 0.000000627. The standard InChI is InChI=1S/C17H29N3O5.C16H27N3O5.C16H29N3O4.C12H22N2O2.C2HF3O.B.Li.H2O/c1-16(2,3)20-10-11-12(13(21)24-7)19(9-8-18(11)14(20)22)15(23)25-17(4,5)6;1-15(2,3)19-9-10-11(12(20)21)18(8-7-17(10)13(19)22)14(23)24-16(4,5)6;1-15(2,3)19-9-11-12(10-20)18(8-7-17(11)13(19)21)14(22)23-16(4,5)6;1-12(2,3)14-7-10-9(8-15)5-4-6-13(10)11(14)16;3-2(4,5)1-6;;;/h11-12H,8-10H2,1-7H3;10-11H,7-9H2,1-6H3,(H,20,21);11-12,20H,7-10H2,1-6H3;9-10,15H,4-8H2,1-3H3;1H;;;1H2/q;;;;;;+1;/p-1/t11-,12+;10-,11+;11-,12-;9-,10-;;;;/m1111..../s1. The Bertz CT molecular complexity index is 2750. The first-order valence-electron chi connectivity index (χ1n) is 32.0. The Morgan fingerprint density at radius 3 is 1.06 bits per heavy atom. The molecule has 8 fully saturated rings. The van der Waals surface area contributed by atoms with Crippen LogP contribution in [-0.2, 0) is 33.3 Å². The van der Waals surface area contributed by atoms with E-state index < -0.39 is 95.2 Å². The number of hydrogen-bond donors (Lipinski definition) is 3. The Morgan fingerprint density at radius 2 is 0.763 bits per heavy atom. The molecule has 0 spiro atoms. The summed E-state index contributed by atoms with van der Waals surface area (Å²) in [6, 6.07) is -3.57. The quantitative estimate of drug-likeness (QED) is 0.157. The largest absolute Gasteiger partial charge is 1.00 e. The van der Waals surface area contributed by atoms with E-state index in [0.29, 0.717) is 39.3 Å². The van der Waals surface area contributed by atoms with E-state index in [1.165, 1.54) is 16.9 Å². The molecule has 8 aliphatic rings. The van der Waals surface area contributed by atoms with E-state index in [4.69, 9.17) is 23.7 Å². The number of carboxylic acid groups (broad SMARTS) is 1. The van der Waals surface area contributed by atoms with Gasteiger partial charge in [-0.25, -0.2) is 43.2 Å². The average Bonchev–Trinajstić information content (AvgIpc) is 1.66. The third-order valence-corrected chi connectivity index (χ3v) is 16.9. The second-order valence-corrected chi connectivity index (χ2v) is 31.6. The van der Waals surface area contributed by atoms with Crippen LogP contribution in [-0.4, -0.2) is 323 Å². The van der Waals surface area contributed by atoms with E-state index in [1.807, 2.05) is 92.9 Å². The van der Waals surface area contributed by atoms with Crippen molar-refractivity contribution in [2.24, 2.45) is 5.92 Å². The fourth-order valence-corrected chi connectivity index (χ4v) is 12.4. The molecule has 0 saturated carbocycles. The summed E-state index contributed by atoms with van der Waals surface area (Å²) in [6.45, 7) is 44.4. The number of hydrogen-bond acceptors (Lipinski definition) is 17. The van der Waals surface area contributed by atoms with Crippen LogP contribution < -0.4 is 18.9 Å². The number of aliphatic carboxylic acids is 1. The number of nitrogens with zero attached hydrogens (tertiary/aromatic N) is 11. The molecule has 34 heteroatoms. The van der Waals surface area contributed by atoms with Crippen molar-refractivity contribution < 1.29 is 120 Å². The number of carbonyl (C=O) groups excluding carboxylic acids is 9. The van der Waals surface area contributed by atoms with Crippen molar-refractivity contribution in [2.45, 2.75) is 246 Å². The van der Waals surface area contributed by atoms with Gasteiger partial charge in [0.1, 0.15) is 16.8 Å². The second-order valence-electron chi connectivity index (χ2n) is 31.6. The number of piperazine rings is 3. The molecule has 8 rings (SSSR count). The van der Waals surface area contributed by atoms with Crippen LogP contribution in [0.3, 0.4) is 0 Å².